The van der Waals surface area contributed by atoms with E-state index in [-0.39, 0.29) is 23.2 Å². The van der Waals surface area contributed by atoms with Gasteiger partial charge in [0.25, 0.3) is 5.91 Å². The fourth-order valence-corrected chi connectivity index (χ4v) is 1.07. The first-order chi connectivity index (χ1) is 7.11. The molecule has 1 aromatic rings. The maximum Gasteiger partial charge on any atom is 0.264 e. The molecular weight excluding hydrogens is 198 g/mol. The van der Waals surface area contributed by atoms with Gasteiger partial charge in [-0.2, -0.15) is 0 Å². The SMILES string of the molecule is COc1ncnc(OC)c1C(=O)N(C)C. The maximum absolute atomic E-state index is 11.8. The molecule has 0 atom stereocenters. The first kappa shape index (κ1) is 11.2. The van der Waals surface area contributed by atoms with Gasteiger partial charge in [0, 0.05) is 14.1 Å². The molecule has 0 spiro atoms. The second-order valence-electron chi connectivity index (χ2n) is 2.97. The Morgan fingerprint density at radius 1 is 1.20 bits per heavy atom. The summed E-state index contributed by atoms with van der Waals surface area (Å²) in [5, 5.41) is 0. The monoisotopic (exact) mass is 211 g/mol. The molecule has 0 saturated carbocycles. The van der Waals surface area contributed by atoms with Crippen LogP contribution in [0.1, 0.15) is 10.4 Å². The van der Waals surface area contributed by atoms with Crippen molar-refractivity contribution in [1.82, 2.24) is 14.9 Å². The number of rotatable bonds is 3. The van der Waals surface area contributed by atoms with E-state index in [1.807, 2.05) is 0 Å². The Morgan fingerprint density at radius 2 is 1.67 bits per heavy atom. The lowest BCUT2D eigenvalue weighted by Gasteiger charge is -2.14. The van der Waals surface area contributed by atoms with E-state index < -0.39 is 0 Å². The van der Waals surface area contributed by atoms with Crippen LogP contribution in [0, 0.1) is 0 Å². The van der Waals surface area contributed by atoms with Crippen LogP contribution in [0.2, 0.25) is 0 Å². The second-order valence-corrected chi connectivity index (χ2v) is 2.97. The minimum absolute atomic E-state index is 0.209. The average Bonchev–Trinajstić information content (AvgIpc) is 2.26. The maximum atomic E-state index is 11.8. The van der Waals surface area contributed by atoms with Crippen LogP contribution in [0.5, 0.6) is 11.8 Å². The molecule has 1 rings (SSSR count). The summed E-state index contributed by atoms with van der Waals surface area (Å²) in [5.74, 6) is 0.158. The van der Waals surface area contributed by atoms with E-state index in [1.165, 1.54) is 25.4 Å². The van der Waals surface area contributed by atoms with E-state index in [9.17, 15) is 4.79 Å². The lowest BCUT2D eigenvalue weighted by molar-refractivity contribution is 0.0818. The Labute approximate surface area is 87.8 Å². The number of methoxy groups -OCH3 is 2. The van der Waals surface area contributed by atoms with Crippen molar-refractivity contribution >= 4 is 5.91 Å². The molecule has 1 aromatic heterocycles. The summed E-state index contributed by atoms with van der Waals surface area (Å²) >= 11 is 0. The highest BCUT2D eigenvalue weighted by Gasteiger charge is 2.22. The van der Waals surface area contributed by atoms with Crippen molar-refractivity contribution in [2.75, 3.05) is 28.3 Å². The van der Waals surface area contributed by atoms with Crippen molar-refractivity contribution in [2.24, 2.45) is 0 Å². The van der Waals surface area contributed by atoms with E-state index in [0.29, 0.717) is 0 Å². The quantitative estimate of drug-likeness (QED) is 0.714. The van der Waals surface area contributed by atoms with Gasteiger partial charge in [-0.25, -0.2) is 9.97 Å². The van der Waals surface area contributed by atoms with Gasteiger partial charge in [-0.1, -0.05) is 0 Å². The third-order valence-corrected chi connectivity index (χ3v) is 1.78. The smallest absolute Gasteiger partial charge is 0.264 e. The third-order valence-electron chi connectivity index (χ3n) is 1.78. The molecule has 0 unspecified atom stereocenters. The number of amides is 1. The van der Waals surface area contributed by atoms with Crippen molar-refractivity contribution < 1.29 is 14.3 Å². The van der Waals surface area contributed by atoms with Gasteiger partial charge in [-0.15, -0.1) is 0 Å². The predicted molar refractivity (Wildman–Crippen MR) is 53.2 cm³/mol. The van der Waals surface area contributed by atoms with Gasteiger partial charge in [0.05, 0.1) is 14.2 Å². The van der Waals surface area contributed by atoms with Crippen molar-refractivity contribution in [3.63, 3.8) is 0 Å². The number of hydrogen-bond acceptors (Lipinski definition) is 5. The normalized spacial score (nSPS) is 9.60. The van der Waals surface area contributed by atoms with E-state index in [0.717, 1.165) is 0 Å². The highest BCUT2D eigenvalue weighted by atomic mass is 16.5. The lowest BCUT2D eigenvalue weighted by atomic mass is 10.2. The molecule has 6 nitrogen and oxygen atoms in total. The van der Waals surface area contributed by atoms with Crippen molar-refractivity contribution in [2.45, 2.75) is 0 Å². The molecule has 0 N–H and O–H groups in total. The highest BCUT2D eigenvalue weighted by molar-refractivity contribution is 5.98. The molecule has 0 aliphatic carbocycles. The lowest BCUT2D eigenvalue weighted by Crippen LogP contribution is -2.23. The van der Waals surface area contributed by atoms with Crippen LogP contribution >= 0.6 is 0 Å². The number of nitrogens with zero attached hydrogens (tertiary/aromatic N) is 3. The predicted octanol–water partition coefficient (Wildman–Crippen LogP) is 0.196. The summed E-state index contributed by atoms with van der Waals surface area (Å²) in [6.45, 7) is 0. The van der Waals surface area contributed by atoms with Crippen molar-refractivity contribution in [3.05, 3.63) is 11.9 Å². The molecule has 15 heavy (non-hydrogen) atoms. The molecule has 1 amide bonds. The van der Waals surface area contributed by atoms with Crippen LogP contribution in [0.3, 0.4) is 0 Å². The van der Waals surface area contributed by atoms with Crippen LogP contribution in [0.4, 0.5) is 0 Å². The van der Waals surface area contributed by atoms with Crippen LogP contribution in [-0.2, 0) is 0 Å². The Bertz CT molecular complexity index is 343. The molecule has 0 aromatic carbocycles. The average molecular weight is 211 g/mol. The Kier molecular flexibility index (Phi) is 3.43. The molecule has 0 aliphatic rings. The standard InChI is InChI=1S/C9H13N3O3/c1-12(2)9(13)6-7(14-3)10-5-11-8(6)15-4/h5H,1-4H3. The number of carbonyl (C=O) groups is 1. The minimum atomic E-state index is -0.260. The van der Waals surface area contributed by atoms with Gasteiger partial charge in [-0.05, 0) is 0 Å². The Balaban J connectivity index is 3.28. The summed E-state index contributed by atoms with van der Waals surface area (Å²) < 4.78 is 9.96. The van der Waals surface area contributed by atoms with Crippen LogP contribution < -0.4 is 9.47 Å². The zero-order valence-corrected chi connectivity index (χ0v) is 9.14. The van der Waals surface area contributed by atoms with E-state index in [4.69, 9.17) is 9.47 Å². The first-order valence-corrected chi connectivity index (χ1v) is 4.26. The van der Waals surface area contributed by atoms with E-state index in [1.54, 1.807) is 14.1 Å². The fraction of sp³-hybridized carbons (Fsp3) is 0.444. The summed E-state index contributed by atoms with van der Waals surface area (Å²) in [4.78, 5) is 20.9. The largest absolute Gasteiger partial charge is 0.480 e. The Hall–Kier alpha value is -1.85. The first-order valence-electron chi connectivity index (χ1n) is 4.26. The molecule has 6 heteroatoms. The van der Waals surface area contributed by atoms with Gasteiger partial charge in [0.2, 0.25) is 11.8 Å². The molecule has 1 heterocycles. The molecule has 0 saturated heterocycles. The van der Waals surface area contributed by atoms with Crippen LogP contribution in [-0.4, -0.2) is 49.1 Å². The number of aromatic nitrogens is 2. The molecule has 82 valence electrons. The van der Waals surface area contributed by atoms with Crippen LogP contribution in [0.25, 0.3) is 0 Å². The van der Waals surface area contributed by atoms with Crippen LogP contribution in [0.15, 0.2) is 6.33 Å². The zero-order chi connectivity index (χ0) is 11.4. The number of ether oxygens (including phenoxy) is 2. The Morgan fingerprint density at radius 3 is 2.00 bits per heavy atom. The molecule has 0 aliphatic heterocycles. The summed E-state index contributed by atoms with van der Waals surface area (Å²) in [6.07, 6.45) is 1.28. The summed E-state index contributed by atoms with van der Waals surface area (Å²) in [6, 6.07) is 0. The van der Waals surface area contributed by atoms with Gasteiger partial charge in [0.15, 0.2) is 5.56 Å². The van der Waals surface area contributed by atoms with Gasteiger partial charge in [-0.3, -0.25) is 4.79 Å². The van der Waals surface area contributed by atoms with E-state index in [2.05, 4.69) is 9.97 Å². The third kappa shape index (κ3) is 2.15. The number of hydrogen-bond donors (Lipinski definition) is 0. The molecule has 0 radical (unpaired) electrons. The minimum Gasteiger partial charge on any atom is -0.480 e. The summed E-state index contributed by atoms with van der Waals surface area (Å²) in [5.41, 5.74) is 0.229. The second kappa shape index (κ2) is 4.59. The highest BCUT2D eigenvalue weighted by Crippen LogP contribution is 2.24. The summed E-state index contributed by atoms with van der Waals surface area (Å²) in [7, 11) is 6.14. The molecular formula is C9H13N3O3. The van der Waals surface area contributed by atoms with Gasteiger partial charge in [0.1, 0.15) is 6.33 Å². The van der Waals surface area contributed by atoms with Gasteiger partial charge < -0.3 is 14.4 Å². The van der Waals surface area contributed by atoms with Crippen molar-refractivity contribution in [3.8, 4) is 11.8 Å². The molecule has 0 fully saturated rings. The topological polar surface area (TPSA) is 64.6 Å². The zero-order valence-electron chi connectivity index (χ0n) is 9.14. The number of carbonyl (C=O) groups excluding carboxylic acids is 1. The van der Waals surface area contributed by atoms with E-state index >= 15 is 0 Å². The fourth-order valence-electron chi connectivity index (χ4n) is 1.07. The van der Waals surface area contributed by atoms with Gasteiger partial charge >= 0.3 is 0 Å². The molecule has 0 bridgehead atoms. The van der Waals surface area contributed by atoms with Crippen molar-refractivity contribution in [1.29, 1.82) is 0 Å².